The fourth-order valence-corrected chi connectivity index (χ4v) is 3.33. The van der Waals surface area contributed by atoms with E-state index >= 15 is 0 Å². The van der Waals surface area contributed by atoms with E-state index in [1.807, 2.05) is 31.2 Å². The summed E-state index contributed by atoms with van der Waals surface area (Å²) in [7, 11) is 0. The van der Waals surface area contributed by atoms with Gasteiger partial charge in [-0.05, 0) is 48.9 Å². The van der Waals surface area contributed by atoms with E-state index in [0.29, 0.717) is 11.4 Å². The molecule has 0 aliphatic rings. The Labute approximate surface area is 198 Å². The molecule has 0 fully saturated rings. The monoisotopic (exact) mass is 543 g/mol. The predicted octanol–water partition coefficient (Wildman–Crippen LogP) is 4.22. The van der Waals surface area contributed by atoms with E-state index < -0.39 is 12.3 Å². The van der Waals surface area contributed by atoms with Crippen molar-refractivity contribution in [2.24, 2.45) is 5.10 Å². The summed E-state index contributed by atoms with van der Waals surface area (Å²) < 4.78 is 42.5. The highest BCUT2D eigenvalue weighted by molar-refractivity contribution is 9.10. The molecule has 1 aromatic heterocycles. The maximum atomic E-state index is 12.2. The van der Waals surface area contributed by atoms with Crippen molar-refractivity contribution in [3.63, 3.8) is 0 Å². The molecule has 0 saturated heterocycles. The smallest absolute Gasteiger partial charge is 0.406 e. The van der Waals surface area contributed by atoms with Crippen molar-refractivity contribution in [2.75, 3.05) is 22.3 Å². The number of nitrogens with two attached hydrogens (primary N) is 1. The van der Waals surface area contributed by atoms with Gasteiger partial charge in [0.05, 0.1) is 11.5 Å². The maximum absolute atomic E-state index is 12.2. The first-order chi connectivity index (χ1) is 15.6. The van der Waals surface area contributed by atoms with Crippen LogP contribution in [0.4, 0.5) is 24.8 Å². The van der Waals surface area contributed by atoms with E-state index in [4.69, 9.17) is 5.84 Å². The molecule has 1 heterocycles. The number of halogens is 4. The van der Waals surface area contributed by atoms with Gasteiger partial charge < -0.3 is 15.9 Å². The van der Waals surface area contributed by atoms with Gasteiger partial charge in [0.2, 0.25) is 11.1 Å². The van der Waals surface area contributed by atoms with Gasteiger partial charge >= 0.3 is 6.36 Å². The van der Waals surface area contributed by atoms with E-state index in [9.17, 15) is 18.0 Å². The number of anilines is 2. The molecule has 174 valence electrons. The number of hydrazone groups is 1. The largest absolute Gasteiger partial charge is 0.573 e. The van der Waals surface area contributed by atoms with Crippen LogP contribution in [0.15, 0.2) is 63.3 Å². The van der Waals surface area contributed by atoms with Crippen LogP contribution in [0.5, 0.6) is 5.75 Å². The van der Waals surface area contributed by atoms with Gasteiger partial charge in [0.25, 0.3) is 5.95 Å². The van der Waals surface area contributed by atoms with E-state index in [2.05, 4.69) is 46.7 Å². The number of benzene rings is 2. The van der Waals surface area contributed by atoms with Gasteiger partial charge in [-0.1, -0.05) is 39.8 Å². The first-order valence-electron chi connectivity index (χ1n) is 9.16. The number of nitrogens with one attached hydrogen (secondary N) is 2. The number of ether oxygens (including phenoxy) is 1. The number of hydrogen-bond donors (Lipinski definition) is 3. The van der Waals surface area contributed by atoms with E-state index in [1.165, 1.54) is 12.1 Å². The fourth-order valence-electron chi connectivity index (χ4n) is 2.41. The molecule has 9 nitrogen and oxygen atoms in total. The second-order valence-corrected chi connectivity index (χ2v) is 8.26. The summed E-state index contributed by atoms with van der Waals surface area (Å²) in [5.41, 5.74) is 4.64. The molecule has 2 aromatic carbocycles. The number of nitrogen functional groups attached to an aromatic ring is 1. The number of amides is 1. The Morgan fingerprint density at radius 3 is 2.48 bits per heavy atom. The van der Waals surface area contributed by atoms with Gasteiger partial charge in [-0.3, -0.25) is 4.79 Å². The van der Waals surface area contributed by atoms with Crippen molar-refractivity contribution in [3.8, 4) is 5.75 Å². The molecular weight excluding hydrogens is 527 g/mol. The van der Waals surface area contributed by atoms with Crippen LogP contribution in [0.25, 0.3) is 0 Å². The number of thioether (sulfide) groups is 1. The van der Waals surface area contributed by atoms with Gasteiger partial charge in [0, 0.05) is 10.2 Å². The zero-order valence-electron chi connectivity index (χ0n) is 16.9. The minimum atomic E-state index is -4.78. The zero-order chi connectivity index (χ0) is 24.0. The molecule has 0 radical (unpaired) electrons. The topological polar surface area (TPSA) is 119 Å². The van der Waals surface area contributed by atoms with Crippen molar-refractivity contribution >= 4 is 50.9 Å². The Bertz CT molecular complexity index is 1140. The average molecular weight is 544 g/mol. The number of hydrogen-bond acceptors (Lipinski definition) is 8. The molecule has 3 aromatic rings. The molecular formula is C19H17BrF3N7O2S. The molecule has 3 rings (SSSR count). The SMILES string of the molecule is C/C(=N\Nc1nnc(SCC(=O)Nc2ccc(OC(F)(F)F)cc2)n1N)c1ccc(Br)cc1. The molecule has 0 unspecified atom stereocenters. The summed E-state index contributed by atoms with van der Waals surface area (Å²) in [6.07, 6.45) is -4.78. The van der Waals surface area contributed by atoms with Crippen molar-refractivity contribution < 1.29 is 22.7 Å². The van der Waals surface area contributed by atoms with Gasteiger partial charge in [-0.2, -0.15) is 5.10 Å². The molecule has 0 atom stereocenters. The Morgan fingerprint density at radius 2 is 1.85 bits per heavy atom. The van der Waals surface area contributed by atoms with Crippen LogP contribution >= 0.6 is 27.7 Å². The highest BCUT2D eigenvalue weighted by atomic mass is 79.9. The van der Waals surface area contributed by atoms with Crippen LogP contribution in [0.3, 0.4) is 0 Å². The van der Waals surface area contributed by atoms with Crippen LogP contribution in [-0.4, -0.2) is 38.6 Å². The summed E-state index contributed by atoms with van der Waals surface area (Å²) >= 11 is 4.39. The summed E-state index contributed by atoms with van der Waals surface area (Å²) in [5.74, 6) is 5.27. The maximum Gasteiger partial charge on any atom is 0.573 e. The molecule has 0 aliphatic carbocycles. The van der Waals surface area contributed by atoms with E-state index in [1.54, 1.807) is 0 Å². The van der Waals surface area contributed by atoms with Crippen LogP contribution in [0.1, 0.15) is 12.5 Å². The third kappa shape index (κ3) is 7.39. The number of carbonyl (C=O) groups excluding carboxylic acids is 1. The van der Waals surface area contributed by atoms with Crippen LogP contribution in [-0.2, 0) is 4.79 Å². The quantitative estimate of drug-likeness (QED) is 0.168. The molecule has 0 saturated carbocycles. The summed E-state index contributed by atoms with van der Waals surface area (Å²) in [4.78, 5) is 12.1. The normalized spacial score (nSPS) is 11.8. The van der Waals surface area contributed by atoms with Crippen LogP contribution in [0, 0.1) is 0 Å². The molecule has 0 spiro atoms. The predicted molar refractivity (Wildman–Crippen MR) is 123 cm³/mol. The lowest BCUT2D eigenvalue weighted by Crippen LogP contribution is -2.18. The van der Waals surface area contributed by atoms with E-state index in [-0.39, 0.29) is 22.6 Å². The molecule has 0 bridgehead atoms. The summed E-state index contributed by atoms with van der Waals surface area (Å²) in [5, 5.41) is 14.9. The standard InChI is InChI=1S/C19H17BrF3N7O2S/c1-11(12-2-4-13(20)5-3-12)26-27-17-28-29-18(30(17)24)33-10-16(31)25-14-6-8-15(9-7-14)32-19(21,22)23/h2-9H,10,24H2,1H3,(H,25,31)(H,27,28)/b26-11+. The highest BCUT2D eigenvalue weighted by Gasteiger charge is 2.31. The Balaban J connectivity index is 1.52. The molecule has 1 amide bonds. The van der Waals surface area contributed by atoms with Gasteiger partial charge in [0.1, 0.15) is 5.75 Å². The third-order valence-corrected chi connectivity index (χ3v) is 5.43. The van der Waals surface area contributed by atoms with Gasteiger partial charge in [-0.15, -0.1) is 23.4 Å². The number of alkyl halides is 3. The lowest BCUT2D eigenvalue weighted by molar-refractivity contribution is -0.274. The molecule has 0 aliphatic heterocycles. The number of nitrogens with zero attached hydrogens (tertiary/aromatic N) is 4. The fraction of sp³-hybridized carbons (Fsp3) is 0.158. The Morgan fingerprint density at radius 1 is 1.18 bits per heavy atom. The molecule has 14 heteroatoms. The first kappa shape index (κ1) is 24.4. The van der Waals surface area contributed by atoms with Crippen molar-refractivity contribution in [1.82, 2.24) is 14.9 Å². The second-order valence-electron chi connectivity index (χ2n) is 6.40. The zero-order valence-corrected chi connectivity index (χ0v) is 19.3. The Kier molecular flexibility index (Phi) is 7.81. The Hall–Kier alpha value is -3.26. The van der Waals surface area contributed by atoms with Crippen LogP contribution in [0.2, 0.25) is 0 Å². The summed E-state index contributed by atoms with van der Waals surface area (Å²) in [6.45, 7) is 1.81. The average Bonchev–Trinajstić information content (AvgIpc) is 3.11. The van der Waals surface area contributed by atoms with Crippen molar-refractivity contribution in [3.05, 3.63) is 58.6 Å². The minimum Gasteiger partial charge on any atom is -0.406 e. The number of rotatable bonds is 8. The second kappa shape index (κ2) is 10.6. The van der Waals surface area contributed by atoms with Crippen LogP contribution < -0.4 is 21.3 Å². The van der Waals surface area contributed by atoms with Gasteiger partial charge in [-0.25, -0.2) is 10.1 Å². The van der Waals surface area contributed by atoms with Crippen molar-refractivity contribution in [2.45, 2.75) is 18.4 Å². The molecule has 4 N–H and O–H groups in total. The lowest BCUT2D eigenvalue weighted by atomic mass is 10.1. The number of carbonyl (C=O) groups is 1. The minimum absolute atomic E-state index is 0.0582. The highest BCUT2D eigenvalue weighted by Crippen LogP contribution is 2.24. The molecule has 33 heavy (non-hydrogen) atoms. The van der Waals surface area contributed by atoms with E-state index in [0.717, 1.165) is 38.6 Å². The number of aromatic nitrogens is 3. The first-order valence-corrected chi connectivity index (χ1v) is 10.9. The van der Waals surface area contributed by atoms with Crippen molar-refractivity contribution in [1.29, 1.82) is 0 Å². The third-order valence-electron chi connectivity index (χ3n) is 3.95. The lowest BCUT2D eigenvalue weighted by Gasteiger charge is -2.10. The summed E-state index contributed by atoms with van der Waals surface area (Å²) in [6, 6.07) is 12.4. The van der Waals surface area contributed by atoms with Gasteiger partial charge in [0.15, 0.2) is 0 Å².